The first-order valence-corrected chi connectivity index (χ1v) is 7.03. The first kappa shape index (κ1) is 14.6. The van der Waals surface area contributed by atoms with Crippen LogP contribution in [0.1, 0.15) is 31.1 Å². The fourth-order valence-corrected chi connectivity index (χ4v) is 2.10. The molecule has 0 radical (unpaired) electrons. The summed E-state index contributed by atoms with van der Waals surface area (Å²) in [6, 6.07) is 8.08. The molecule has 0 saturated carbocycles. The van der Waals surface area contributed by atoms with E-state index in [9.17, 15) is 0 Å². The minimum atomic E-state index is 0.0106. The summed E-state index contributed by atoms with van der Waals surface area (Å²) >= 11 is 0. The molecule has 0 spiro atoms. The number of benzene rings is 1. The van der Waals surface area contributed by atoms with Crippen molar-refractivity contribution >= 4 is 0 Å². The second kappa shape index (κ2) is 6.57. The number of hydrogen-bond acceptors (Lipinski definition) is 3. The predicted molar refractivity (Wildman–Crippen MR) is 80.7 cm³/mol. The van der Waals surface area contributed by atoms with Crippen LogP contribution < -0.4 is 10.5 Å². The van der Waals surface area contributed by atoms with Crippen LogP contribution in [0.2, 0.25) is 0 Å². The first-order valence-electron chi connectivity index (χ1n) is 7.03. The van der Waals surface area contributed by atoms with Crippen LogP contribution in [0, 0.1) is 12.8 Å². The third kappa shape index (κ3) is 3.61. The van der Waals surface area contributed by atoms with Crippen molar-refractivity contribution in [1.82, 2.24) is 9.55 Å². The van der Waals surface area contributed by atoms with Gasteiger partial charge in [0.15, 0.2) is 0 Å². The standard InChI is InChI=1S/C16H23N3O/c1-12(2)16(17)15-10-18-11-19(15)7-8-20-14-6-4-5-13(3)9-14/h4-6,9-12,16H,7-8,17H2,1-3H3. The average Bonchev–Trinajstić information content (AvgIpc) is 2.86. The lowest BCUT2D eigenvalue weighted by molar-refractivity contribution is 0.293. The summed E-state index contributed by atoms with van der Waals surface area (Å²) in [7, 11) is 0. The van der Waals surface area contributed by atoms with Crippen LogP contribution in [-0.4, -0.2) is 16.2 Å². The Bertz CT molecular complexity index is 548. The number of aromatic nitrogens is 2. The highest BCUT2D eigenvalue weighted by molar-refractivity contribution is 5.27. The van der Waals surface area contributed by atoms with Crippen molar-refractivity contribution in [2.75, 3.05) is 6.61 Å². The molecule has 1 atom stereocenters. The van der Waals surface area contributed by atoms with Gasteiger partial charge >= 0.3 is 0 Å². The van der Waals surface area contributed by atoms with Crippen molar-refractivity contribution in [2.45, 2.75) is 33.4 Å². The van der Waals surface area contributed by atoms with E-state index in [4.69, 9.17) is 10.5 Å². The molecule has 0 saturated heterocycles. The molecule has 20 heavy (non-hydrogen) atoms. The predicted octanol–water partition coefficient (Wildman–Crippen LogP) is 2.93. The van der Waals surface area contributed by atoms with Crippen LogP contribution in [0.3, 0.4) is 0 Å². The molecule has 0 fully saturated rings. The Kier molecular flexibility index (Phi) is 4.79. The second-order valence-corrected chi connectivity index (χ2v) is 5.45. The zero-order valence-corrected chi connectivity index (χ0v) is 12.4. The van der Waals surface area contributed by atoms with E-state index in [0.29, 0.717) is 12.5 Å². The van der Waals surface area contributed by atoms with Crippen LogP contribution in [0.25, 0.3) is 0 Å². The quantitative estimate of drug-likeness (QED) is 0.880. The van der Waals surface area contributed by atoms with Gasteiger partial charge in [0.25, 0.3) is 0 Å². The molecule has 0 aliphatic rings. The van der Waals surface area contributed by atoms with E-state index in [-0.39, 0.29) is 6.04 Å². The third-order valence-electron chi connectivity index (χ3n) is 3.39. The van der Waals surface area contributed by atoms with Gasteiger partial charge in [-0.15, -0.1) is 0 Å². The van der Waals surface area contributed by atoms with E-state index >= 15 is 0 Å². The Morgan fingerprint density at radius 2 is 2.15 bits per heavy atom. The fourth-order valence-electron chi connectivity index (χ4n) is 2.10. The molecule has 2 aromatic rings. The minimum Gasteiger partial charge on any atom is -0.492 e. The van der Waals surface area contributed by atoms with Crippen molar-refractivity contribution in [2.24, 2.45) is 11.7 Å². The topological polar surface area (TPSA) is 53.1 Å². The van der Waals surface area contributed by atoms with Gasteiger partial charge in [0.2, 0.25) is 0 Å². The fraction of sp³-hybridized carbons (Fsp3) is 0.438. The Morgan fingerprint density at radius 1 is 1.35 bits per heavy atom. The summed E-state index contributed by atoms with van der Waals surface area (Å²) in [5.41, 5.74) is 8.45. The van der Waals surface area contributed by atoms with Gasteiger partial charge in [-0.25, -0.2) is 4.98 Å². The Morgan fingerprint density at radius 3 is 2.85 bits per heavy atom. The number of nitrogens with two attached hydrogens (primary N) is 1. The summed E-state index contributed by atoms with van der Waals surface area (Å²) in [6.45, 7) is 7.65. The zero-order valence-electron chi connectivity index (χ0n) is 12.4. The Balaban J connectivity index is 1.93. The maximum atomic E-state index is 6.18. The average molecular weight is 273 g/mol. The number of imidazole rings is 1. The van der Waals surface area contributed by atoms with Crippen molar-refractivity contribution < 1.29 is 4.74 Å². The normalized spacial score (nSPS) is 12.7. The van der Waals surface area contributed by atoms with Gasteiger partial charge in [-0.1, -0.05) is 26.0 Å². The Hall–Kier alpha value is -1.81. The van der Waals surface area contributed by atoms with Gasteiger partial charge < -0.3 is 15.0 Å². The van der Waals surface area contributed by atoms with Crippen molar-refractivity contribution in [1.29, 1.82) is 0 Å². The van der Waals surface area contributed by atoms with Crippen LogP contribution >= 0.6 is 0 Å². The van der Waals surface area contributed by atoms with Gasteiger partial charge in [-0.05, 0) is 30.5 Å². The highest BCUT2D eigenvalue weighted by Gasteiger charge is 2.14. The summed E-state index contributed by atoms with van der Waals surface area (Å²) in [4.78, 5) is 4.19. The van der Waals surface area contributed by atoms with Crippen LogP contribution in [0.5, 0.6) is 5.75 Å². The highest BCUT2D eigenvalue weighted by Crippen LogP contribution is 2.18. The molecule has 0 bridgehead atoms. The summed E-state index contributed by atoms with van der Waals surface area (Å²) in [6.07, 6.45) is 3.66. The molecule has 1 heterocycles. The largest absolute Gasteiger partial charge is 0.492 e. The van der Waals surface area contributed by atoms with Crippen LogP contribution in [0.15, 0.2) is 36.8 Å². The number of hydrogen-bond donors (Lipinski definition) is 1. The highest BCUT2D eigenvalue weighted by atomic mass is 16.5. The van der Waals surface area contributed by atoms with Gasteiger partial charge in [-0.3, -0.25) is 0 Å². The van der Waals surface area contributed by atoms with Crippen molar-refractivity contribution in [3.05, 3.63) is 48.0 Å². The molecule has 0 aliphatic carbocycles. The number of ether oxygens (including phenoxy) is 1. The number of rotatable bonds is 6. The molecule has 1 unspecified atom stereocenters. The zero-order chi connectivity index (χ0) is 14.5. The van der Waals surface area contributed by atoms with E-state index in [1.807, 2.05) is 30.7 Å². The van der Waals surface area contributed by atoms with Crippen molar-refractivity contribution in [3.63, 3.8) is 0 Å². The SMILES string of the molecule is Cc1cccc(OCCn2cncc2C(N)C(C)C)c1. The summed E-state index contributed by atoms with van der Waals surface area (Å²) < 4.78 is 7.84. The Labute approximate surface area is 120 Å². The molecule has 2 N–H and O–H groups in total. The maximum absolute atomic E-state index is 6.18. The molecule has 4 nitrogen and oxygen atoms in total. The maximum Gasteiger partial charge on any atom is 0.119 e. The van der Waals surface area contributed by atoms with E-state index in [1.165, 1.54) is 5.56 Å². The van der Waals surface area contributed by atoms with E-state index in [1.54, 1.807) is 0 Å². The van der Waals surface area contributed by atoms with Gasteiger partial charge in [0, 0.05) is 12.2 Å². The molecular weight excluding hydrogens is 250 g/mol. The molecule has 4 heteroatoms. The molecule has 108 valence electrons. The van der Waals surface area contributed by atoms with E-state index in [0.717, 1.165) is 18.0 Å². The van der Waals surface area contributed by atoms with Crippen molar-refractivity contribution in [3.8, 4) is 5.75 Å². The third-order valence-corrected chi connectivity index (χ3v) is 3.39. The monoisotopic (exact) mass is 273 g/mol. The summed E-state index contributed by atoms with van der Waals surface area (Å²) in [5, 5.41) is 0. The minimum absolute atomic E-state index is 0.0106. The summed E-state index contributed by atoms with van der Waals surface area (Å²) in [5.74, 6) is 1.29. The van der Waals surface area contributed by atoms with Crippen LogP contribution in [0.4, 0.5) is 0 Å². The van der Waals surface area contributed by atoms with E-state index in [2.05, 4.69) is 36.4 Å². The van der Waals surface area contributed by atoms with Crippen LogP contribution in [-0.2, 0) is 6.54 Å². The lowest BCUT2D eigenvalue weighted by Crippen LogP contribution is -2.21. The van der Waals surface area contributed by atoms with Gasteiger partial charge in [-0.2, -0.15) is 0 Å². The molecule has 0 amide bonds. The molecular formula is C16H23N3O. The molecule has 1 aromatic carbocycles. The lowest BCUT2D eigenvalue weighted by Gasteiger charge is -2.18. The molecule has 1 aromatic heterocycles. The van der Waals surface area contributed by atoms with E-state index < -0.39 is 0 Å². The number of nitrogens with zero attached hydrogens (tertiary/aromatic N) is 2. The smallest absolute Gasteiger partial charge is 0.119 e. The first-order chi connectivity index (χ1) is 9.58. The van der Waals surface area contributed by atoms with Gasteiger partial charge in [0.1, 0.15) is 12.4 Å². The van der Waals surface area contributed by atoms with Gasteiger partial charge in [0.05, 0.1) is 18.6 Å². The number of aryl methyl sites for hydroxylation is 1. The second-order valence-electron chi connectivity index (χ2n) is 5.45. The lowest BCUT2D eigenvalue weighted by atomic mass is 10.0. The molecule has 0 aliphatic heterocycles. The molecule has 2 rings (SSSR count).